The predicted octanol–water partition coefficient (Wildman–Crippen LogP) is 1.22. The molecule has 1 atom stereocenters. The standard InChI is InChI=1S/C10H12BrN3O/c1-6-9(2-7(11)4-13-6)14-5-8(12)3-10(14)15/h2,4,8H,3,5,12H2,1H3. The topological polar surface area (TPSA) is 59.2 Å². The van der Waals surface area contributed by atoms with Gasteiger partial charge in [0.15, 0.2) is 0 Å². The number of pyridine rings is 1. The zero-order valence-electron chi connectivity index (χ0n) is 8.40. The van der Waals surface area contributed by atoms with Crippen LogP contribution in [0.25, 0.3) is 0 Å². The van der Waals surface area contributed by atoms with E-state index in [1.807, 2.05) is 13.0 Å². The van der Waals surface area contributed by atoms with Crippen molar-refractivity contribution < 1.29 is 4.79 Å². The number of aryl methyl sites for hydroxylation is 1. The van der Waals surface area contributed by atoms with Gasteiger partial charge in [0.2, 0.25) is 5.91 Å². The highest BCUT2D eigenvalue weighted by Crippen LogP contribution is 2.26. The maximum atomic E-state index is 11.7. The number of aromatic nitrogens is 1. The maximum absolute atomic E-state index is 11.7. The van der Waals surface area contributed by atoms with Crippen LogP contribution >= 0.6 is 15.9 Å². The Morgan fingerprint density at radius 1 is 1.67 bits per heavy atom. The van der Waals surface area contributed by atoms with Crippen LogP contribution in [0, 0.1) is 6.92 Å². The average Bonchev–Trinajstić information content (AvgIpc) is 2.50. The second kappa shape index (κ2) is 3.90. The molecule has 0 spiro atoms. The fourth-order valence-corrected chi connectivity index (χ4v) is 2.06. The molecule has 1 saturated heterocycles. The molecule has 0 bridgehead atoms. The van der Waals surface area contributed by atoms with E-state index in [9.17, 15) is 4.79 Å². The third kappa shape index (κ3) is 2.03. The van der Waals surface area contributed by atoms with Crippen molar-refractivity contribution in [1.29, 1.82) is 0 Å². The molecule has 4 nitrogen and oxygen atoms in total. The first kappa shape index (κ1) is 10.6. The number of carbonyl (C=O) groups excluding carboxylic acids is 1. The second-order valence-corrected chi connectivity index (χ2v) is 4.64. The van der Waals surface area contributed by atoms with Gasteiger partial charge in [-0.3, -0.25) is 9.78 Å². The van der Waals surface area contributed by atoms with Crippen LogP contribution in [-0.2, 0) is 4.79 Å². The number of rotatable bonds is 1. The molecule has 1 aromatic rings. The van der Waals surface area contributed by atoms with Gasteiger partial charge in [-0.1, -0.05) is 0 Å². The third-order valence-corrected chi connectivity index (χ3v) is 2.91. The van der Waals surface area contributed by atoms with Crippen LogP contribution in [0.1, 0.15) is 12.1 Å². The van der Waals surface area contributed by atoms with Gasteiger partial charge >= 0.3 is 0 Å². The first-order chi connectivity index (χ1) is 7.08. The summed E-state index contributed by atoms with van der Waals surface area (Å²) in [5, 5.41) is 0. The van der Waals surface area contributed by atoms with Gasteiger partial charge in [-0.25, -0.2) is 0 Å². The van der Waals surface area contributed by atoms with Crippen molar-refractivity contribution in [1.82, 2.24) is 4.98 Å². The van der Waals surface area contributed by atoms with E-state index in [4.69, 9.17) is 5.73 Å². The highest BCUT2D eigenvalue weighted by molar-refractivity contribution is 9.10. The van der Waals surface area contributed by atoms with E-state index in [0.717, 1.165) is 15.9 Å². The summed E-state index contributed by atoms with van der Waals surface area (Å²) >= 11 is 3.35. The second-order valence-electron chi connectivity index (χ2n) is 3.73. The summed E-state index contributed by atoms with van der Waals surface area (Å²) in [6, 6.07) is 1.84. The number of amides is 1. The minimum Gasteiger partial charge on any atom is -0.326 e. The summed E-state index contributed by atoms with van der Waals surface area (Å²) in [5.74, 6) is 0.0745. The Hall–Kier alpha value is -0.940. The number of nitrogens with two attached hydrogens (primary N) is 1. The molecule has 1 amide bonds. The lowest BCUT2D eigenvalue weighted by Gasteiger charge is -2.18. The van der Waals surface area contributed by atoms with Crippen molar-refractivity contribution in [3.05, 3.63) is 22.4 Å². The number of nitrogens with zero attached hydrogens (tertiary/aromatic N) is 2. The predicted molar refractivity (Wildman–Crippen MR) is 61.6 cm³/mol. The molecular weight excluding hydrogens is 258 g/mol. The van der Waals surface area contributed by atoms with Crippen molar-refractivity contribution >= 4 is 27.5 Å². The fraction of sp³-hybridized carbons (Fsp3) is 0.400. The van der Waals surface area contributed by atoms with Crippen LogP contribution < -0.4 is 10.6 Å². The molecule has 80 valence electrons. The first-order valence-corrected chi connectivity index (χ1v) is 5.55. The minimum atomic E-state index is -0.0594. The van der Waals surface area contributed by atoms with Crippen LogP contribution in [0.5, 0.6) is 0 Å². The summed E-state index contributed by atoms with van der Waals surface area (Å²) in [6.07, 6.45) is 2.14. The van der Waals surface area contributed by atoms with E-state index in [-0.39, 0.29) is 11.9 Å². The number of halogens is 1. The number of hydrogen-bond acceptors (Lipinski definition) is 3. The van der Waals surface area contributed by atoms with Gasteiger partial charge < -0.3 is 10.6 Å². The van der Waals surface area contributed by atoms with Crippen molar-refractivity contribution in [2.45, 2.75) is 19.4 Å². The summed E-state index contributed by atoms with van der Waals surface area (Å²) < 4.78 is 0.872. The lowest BCUT2D eigenvalue weighted by atomic mass is 10.3. The zero-order chi connectivity index (χ0) is 11.0. The number of hydrogen-bond donors (Lipinski definition) is 1. The Morgan fingerprint density at radius 3 is 3.00 bits per heavy atom. The lowest BCUT2D eigenvalue weighted by molar-refractivity contribution is -0.117. The van der Waals surface area contributed by atoms with Gasteiger partial charge in [-0.05, 0) is 28.9 Å². The van der Waals surface area contributed by atoms with E-state index in [1.54, 1.807) is 11.1 Å². The van der Waals surface area contributed by atoms with Crippen LogP contribution in [0.3, 0.4) is 0 Å². The fourth-order valence-electron chi connectivity index (χ4n) is 1.74. The van der Waals surface area contributed by atoms with Crippen LogP contribution in [0.15, 0.2) is 16.7 Å². The molecule has 1 unspecified atom stereocenters. The minimum absolute atomic E-state index is 0.0594. The van der Waals surface area contributed by atoms with E-state index >= 15 is 0 Å². The molecule has 1 aliphatic rings. The molecule has 2 rings (SSSR count). The quantitative estimate of drug-likeness (QED) is 0.834. The normalized spacial score (nSPS) is 21.1. The van der Waals surface area contributed by atoms with Gasteiger partial charge in [0, 0.05) is 29.7 Å². The Bertz CT molecular complexity index is 408. The van der Waals surface area contributed by atoms with Crippen molar-refractivity contribution in [3.8, 4) is 0 Å². The molecule has 2 N–H and O–H groups in total. The molecule has 0 aromatic carbocycles. The summed E-state index contributed by atoms with van der Waals surface area (Å²) in [6.45, 7) is 2.47. The largest absolute Gasteiger partial charge is 0.326 e. The molecule has 1 fully saturated rings. The summed E-state index contributed by atoms with van der Waals surface area (Å²) in [4.78, 5) is 17.6. The summed E-state index contributed by atoms with van der Waals surface area (Å²) in [5.41, 5.74) is 7.44. The number of carbonyl (C=O) groups is 1. The molecule has 1 aliphatic heterocycles. The van der Waals surface area contributed by atoms with Gasteiger partial charge in [0.05, 0.1) is 11.4 Å². The first-order valence-electron chi connectivity index (χ1n) is 4.76. The Kier molecular flexibility index (Phi) is 2.75. The molecule has 0 aliphatic carbocycles. The molecule has 5 heteroatoms. The molecule has 1 aromatic heterocycles. The summed E-state index contributed by atoms with van der Waals surface area (Å²) in [7, 11) is 0. The Balaban J connectivity index is 2.37. The van der Waals surface area contributed by atoms with E-state index in [2.05, 4.69) is 20.9 Å². The van der Waals surface area contributed by atoms with Gasteiger partial charge in [-0.2, -0.15) is 0 Å². The van der Waals surface area contributed by atoms with Gasteiger partial charge in [0.1, 0.15) is 0 Å². The van der Waals surface area contributed by atoms with Crippen molar-refractivity contribution in [2.24, 2.45) is 5.73 Å². The SMILES string of the molecule is Cc1ncc(Br)cc1N1CC(N)CC1=O. The molecule has 2 heterocycles. The van der Waals surface area contributed by atoms with Crippen LogP contribution in [-0.4, -0.2) is 23.5 Å². The highest BCUT2D eigenvalue weighted by atomic mass is 79.9. The van der Waals surface area contributed by atoms with Crippen molar-refractivity contribution in [3.63, 3.8) is 0 Å². The molecule has 15 heavy (non-hydrogen) atoms. The third-order valence-electron chi connectivity index (χ3n) is 2.47. The van der Waals surface area contributed by atoms with Crippen molar-refractivity contribution in [2.75, 3.05) is 11.4 Å². The Morgan fingerprint density at radius 2 is 2.40 bits per heavy atom. The van der Waals surface area contributed by atoms with E-state index in [1.165, 1.54) is 0 Å². The highest BCUT2D eigenvalue weighted by Gasteiger charge is 2.29. The van der Waals surface area contributed by atoms with E-state index in [0.29, 0.717) is 13.0 Å². The maximum Gasteiger partial charge on any atom is 0.228 e. The monoisotopic (exact) mass is 269 g/mol. The molecule has 0 saturated carbocycles. The lowest BCUT2D eigenvalue weighted by Crippen LogP contribution is -2.28. The smallest absolute Gasteiger partial charge is 0.228 e. The molecular formula is C10H12BrN3O. The number of anilines is 1. The molecule has 0 radical (unpaired) electrons. The van der Waals surface area contributed by atoms with E-state index < -0.39 is 0 Å². The van der Waals surface area contributed by atoms with Gasteiger partial charge in [-0.15, -0.1) is 0 Å². The van der Waals surface area contributed by atoms with Crippen LogP contribution in [0.2, 0.25) is 0 Å². The van der Waals surface area contributed by atoms with Crippen LogP contribution in [0.4, 0.5) is 5.69 Å². The zero-order valence-corrected chi connectivity index (χ0v) is 9.99. The Labute approximate surface area is 96.6 Å². The average molecular weight is 270 g/mol. The van der Waals surface area contributed by atoms with Gasteiger partial charge in [0.25, 0.3) is 0 Å².